The van der Waals surface area contributed by atoms with Crippen LogP contribution in [0, 0.1) is 0 Å². The number of hydrogen-bond acceptors (Lipinski definition) is 6. The first-order valence-electron chi connectivity index (χ1n) is 13.8. The zero-order chi connectivity index (χ0) is 29.7. The number of aromatic nitrogens is 2. The van der Waals surface area contributed by atoms with E-state index in [0.717, 1.165) is 0 Å². The third kappa shape index (κ3) is 7.27. The van der Waals surface area contributed by atoms with E-state index in [1.165, 1.54) is 0 Å². The maximum atomic E-state index is 11.9. The van der Waals surface area contributed by atoms with Crippen molar-refractivity contribution in [2.45, 2.75) is 141 Å². The third-order valence-corrected chi connectivity index (χ3v) is 22.8. The van der Waals surface area contributed by atoms with Gasteiger partial charge in [0, 0.05) is 6.20 Å². The zero-order valence-corrected chi connectivity index (χ0v) is 29.7. The summed E-state index contributed by atoms with van der Waals surface area (Å²) in [6, 6.07) is 0. The van der Waals surface area contributed by atoms with Gasteiger partial charge in [-0.3, -0.25) is 4.79 Å². The molecule has 1 saturated heterocycles. The van der Waals surface area contributed by atoms with E-state index in [0.29, 0.717) is 6.61 Å². The number of imidazole rings is 1. The molecule has 4 atom stereocenters. The number of ether oxygens (including phenoxy) is 1. The lowest BCUT2D eigenvalue weighted by molar-refractivity contribution is -0.0487. The molecule has 0 radical (unpaired) electrons. The van der Waals surface area contributed by atoms with Gasteiger partial charge in [-0.15, -0.1) is 0 Å². The summed E-state index contributed by atoms with van der Waals surface area (Å²) in [5.41, 5.74) is 5.72. The normalized spacial score (nSPS) is 24.2. The van der Waals surface area contributed by atoms with Crippen molar-refractivity contribution in [3.63, 3.8) is 0 Å². The molecule has 1 aromatic heterocycles. The lowest BCUT2D eigenvalue weighted by atomic mass is 10.1. The van der Waals surface area contributed by atoms with Crippen LogP contribution in [0.4, 0.5) is 0 Å². The molecule has 2 heterocycles. The fourth-order valence-corrected chi connectivity index (χ4v) is 7.11. The summed E-state index contributed by atoms with van der Waals surface area (Å²) in [6.45, 7) is 34.1. The molecular formula is C27H55N3O5Si3. The maximum Gasteiger partial charge on any atom is 0.268 e. The molecule has 0 saturated carbocycles. The zero-order valence-electron chi connectivity index (χ0n) is 26.7. The Hall–Kier alpha value is -0.829. The molecule has 8 nitrogen and oxygen atoms in total. The Balaban J connectivity index is 2.60. The number of nitrogens with two attached hydrogens (primary N) is 1. The van der Waals surface area contributed by atoms with Crippen molar-refractivity contribution in [2.24, 2.45) is 5.73 Å². The summed E-state index contributed by atoms with van der Waals surface area (Å²) in [5, 5.41) is 0.0618. The van der Waals surface area contributed by atoms with Crippen molar-refractivity contribution in [1.82, 2.24) is 9.55 Å². The van der Waals surface area contributed by atoms with Gasteiger partial charge in [0.25, 0.3) is 5.91 Å². The van der Waals surface area contributed by atoms with Crippen LogP contribution < -0.4 is 5.73 Å². The van der Waals surface area contributed by atoms with Crippen LogP contribution in [0.1, 0.15) is 79.0 Å². The second-order valence-corrected chi connectivity index (χ2v) is 29.7. The van der Waals surface area contributed by atoms with Gasteiger partial charge in [0.05, 0.1) is 12.9 Å². The van der Waals surface area contributed by atoms with Gasteiger partial charge in [0.15, 0.2) is 31.2 Å². The molecule has 11 heteroatoms. The second kappa shape index (κ2) is 10.9. The molecule has 220 valence electrons. The van der Waals surface area contributed by atoms with Crippen LogP contribution in [0.3, 0.4) is 0 Å². The van der Waals surface area contributed by atoms with E-state index in [-0.39, 0.29) is 33.0 Å². The van der Waals surface area contributed by atoms with Gasteiger partial charge in [0.1, 0.15) is 24.0 Å². The van der Waals surface area contributed by atoms with Crippen LogP contribution in [0.15, 0.2) is 12.5 Å². The van der Waals surface area contributed by atoms with Crippen molar-refractivity contribution >= 4 is 30.9 Å². The summed E-state index contributed by atoms with van der Waals surface area (Å²) < 4.78 is 29.5. The molecule has 2 rings (SSSR count). The number of nitrogens with zero attached hydrogens (tertiary/aromatic N) is 2. The fraction of sp³-hybridized carbons (Fsp3) is 0.852. The van der Waals surface area contributed by atoms with E-state index < -0.39 is 43.2 Å². The molecule has 38 heavy (non-hydrogen) atoms. The first kappa shape index (κ1) is 33.4. The Morgan fingerprint density at radius 1 is 0.868 bits per heavy atom. The van der Waals surface area contributed by atoms with Crippen LogP contribution in [0.2, 0.25) is 54.4 Å². The van der Waals surface area contributed by atoms with Gasteiger partial charge in [-0.2, -0.15) is 0 Å². The Kier molecular flexibility index (Phi) is 9.54. The standard InChI is InChI=1S/C27H55N3O5Si3/c1-25(2,3)36(10,11)32-17-20-21(34-37(12,13)26(4,5)6)22(35-38(14,15)27(7,8)9)24(33-20)30-16-19(23(28)31)29-18-30/h16,18,20-22,24H,17H2,1-15H3,(H2,28,31)/t20-,21-,22-,24-/m1/s1. The van der Waals surface area contributed by atoms with Crippen LogP contribution in [-0.2, 0) is 18.0 Å². The monoisotopic (exact) mass is 585 g/mol. The summed E-state index contributed by atoms with van der Waals surface area (Å²) >= 11 is 0. The second-order valence-electron chi connectivity index (χ2n) is 15.4. The van der Waals surface area contributed by atoms with Gasteiger partial charge in [-0.25, -0.2) is 4.98 Å². The first-order valence-corrected chi connectivity index (χ1v) is 22.5. The van der Waals surface area contributed by atoms with Crippen molar-refractivity contribution in [2.75, 3.05) is 6.61 Å². The van der Waals surface area contributed by atoms with Crippen LogP contribution in [0.5, 0.6) is 0 Å². The maximum absolute atomic E-state index is 11.9. The number of carbonyl (C=O) groups excluding carboxylic acids is 1. The van der Waals surface area contributed by atoms with Gasteiger partial charge in [-0.05, 0) is 54.4 Å². The highest BCUT2D eigenvalue weighted by molar-refractivity contribution is 6.75. The quantitative estimate of drug-likeness (QED) is 0.325. The predicted molar refractivity (Wildman–Crippen MR) is 162 cm³/mol. The molecule has 1 aromatic rings. The third-order valence-electron chi connectivity index (χ3n) is 9.32. The van der Waals surface area contributed by atoms with Crippen molar-refractivity contribution in [3.05, 3.63) is 18.2 Å². The predicted octanol–water partition coefficient (Wildman–Crippen LogP) is 6.68. The highest BCUT2D eigenvalue weighted by Crippen LogP contribution is 2.46. The van der Waals surface area contributed by atoms with Crippen LogP contribution in [-0.4, -0.2) is 65.3 Å². The number of hydrogen-bond donors (Lipinski definition) is 1. The minimum atomic E-state index is -2.24. The number of rotatable bonds is 9. The van der Waals surface area contributed by atoms with Crippen molar-refractivity contribution in [1.29, 1.82) is 0 Å². The minimum Gasteiger partial charge on any atom is -0.414 e. The summed E-state index contributed by atoms with van der Waals surface area (Å²) in [5.74, 6) is -0.574. The van der Waals surface area contributed by atoms with E-state index in [1.807, 2.05) is 4.57 Å². The topological polar surface area (TPSA) is 97.8 Å². The molecule has 0 unspecified atom stereocenters. The van der Waals surface area contributed by atoms with Crippen molar-refractivity contribution < 1.29 is 22.8 Å². The summed E-state index contributed by atoms with van der Waals surface area (Å²) in [7, 11) is -6.51. The molecule has 1 aliphatic heterocycles. The minimum absolute atomic E-state index is 0.00555. The Morgan fingerprint density at radius 3 is 1.71 bits per heavy atom. The van der Waals surface area contributed by atoms with E-state index >= 15 is 0 Å². The summed E-state index contributed by atoms with van der Waals surface area (Å²) in [6.07, 6.45) is 1.67. The molecule has 0 bridgehead atoms. The first-order chi connectivity index (χ1) is 16.8. The molecule has 1 aliphatic rings. The van der Waals surface area contributed by atoms with E-state index in [4.69, 9.17) is 23.7 Å². The largest absolute Gasteiger partial charge is 0.414 e. The van der Waals surface area contributed by atoms with Crippen LogP contribution >= 0.6 is 0 Å². The highest BCUT2D eigenvalue weighted by atomic mass is 28.4. The molecule has 0 spiro atoms. The average Bonchev–Trinajstić information content (AvgIpc) is 3.29. The number of amides is 1. The van der Waals surface area contributed by atoms with E-state index in [2.05, 4.69) is 107 Å². The van der Waals surface area contributed by atoms with Crippen LogP contribution in [0.25, 0.3) is 0 Å². The molecule has 1 fully saturated rings. The van der Waals surface area contributed by atoms with Gasteiger partial charge in [0.2, 0.25) is 0 Å². The van der Waals surface area contributed by atoms with Gasteiger partial charge in [-0.1, -0.05) is 62.3 Å². The van der Waals surface area contributed by atoms with Crippen molar-refractivity contribution in [3.8, 4) is 0 Å². The molecule has 0 aromatic carbocycles. The van der Waals surface area contributed by atoms with E-state index in [1.54, 1.807) is 12.5 Å². The van der Waals surface area contributed by atoms with Gasteiger partial charge >= 0.3 is 0 Å². The summed E-state index contributed by atoms with van der Waals surface area (Å²) in [4.78, 5) is 16.1. The number of primary amides is 1. The Morgan fingerprint density at radius 2 is 1.32 bits per heavy atom. The average molecular weight is 586 g/mol. The lowest BCUT2D eigenvalue weighted by Gasteiger charge is -2.44. The Bertz CT molecular complexity index is 974. The number of carbonyl (C=O) groups is 1. The highest BCUT2D eigenvalue weighted by Gasteiger charge is 2.55. The molecular weight excluding hydrogens is 531 g/mol. The van der Waals surface area contributed by atoms with Gasteiger partial charge < -0.3 is 28.3 Å². The lowest BCUT2D eigenvalue weighted by Crippen LogP contribution is -2.54. The fourth-order valence-electron chi connectivity index (χ4n) is 3.49. The smallest absolute Gasteiger partial charge is 0.268 e. The molecule has 1 amide bonds. The SMILES string of the molecule is CC(C)(C)[Si](C)(C)OC[C@H]1O[C@@H](n2cnc(C(N)=O)c2)[C@H](O[Si](C)(C)C(C)(C)C)[C@@H]1O[Si](C)(C)C(C)(C)C. The molecule has 2 N–H and O–H groups in total. The Labute approximate surface area is 234 Å². The van der Waals surface area contributed by atoms with E-state index in [9.17, 15) is 4.79 Å². The molecule has 0 aliphatic carbocycles.